The fraction of sp³-hybridized carbons (Fsp3) is 0. The fourth-order valence-corrected chi connectivity index (χ4v) is 2.12. The number of nitrogens with zero attached hydrogens (tertiary/aromatic N) is 2. The molecule has 0 spiro atoms. The standard InChI is InChI=1S/C17H13N3O2/c21-16-8-4-3-7-15(16)20-17(22)13-6-2-1-5-12(13)14-9-10-18-11-19-14/h1-11,21H,(H,20,22). The molecule has 3 rings (SSSR count). The number of carbonyl (C=O) groups excluding carboxylic acids is 1. The smallest absolute Gasteiger partial charge is 0.256 e. The van der Waals surface area contributed by atoms with Crippen LogP contribution < -0.4 is 5.32 Å². The second-order valence-electron chi connectivity index (χ2n) is 4.61. The summed E-state index contributed by atoms with van der Waals surface area (Å²) in [6, 6.07) is 15.5. The van der Waals surface area contributed by atoms with Crippen LogP contribution in [0.3, 0.4) is 0 Å². The van der Waals surface area contributed by atoms with Crippen LogP contribution in [0.25, 0.3) is 11.3 Å². The van der Waals surface area contributed by atoms with Crippen LogP contribution in [0.5, 0.6) is 5.75 Å². The van der Waals surface area contributed by atoms with E-state index in [4.69, 9.17) is 0 Å². The van der Waals surface area contributed by atoms with E-state index in [1.807, 2.05) is 12.1 Å². The first kappa shape index (κ1) is 13.8. The summed E-state index contributed by atoms with van der Waals surface area (Å²) in [6.07, 6.45) is 3.06. The average Bonchev–Trinajstić information content (AvgIpc) is 2.58. The van der Waals surface area contributed by atoms with Crippen molar-refractivity contribution in [3.63, 3.8) is 0 Å². The number of phenolic OH excluding ortho intramolecular Hbond substituents is 1. The van der Waals surface area contributed by atoms with E-state index in [1.54, 1.807) is 42.6 Å². The maximum atomic E-state index is 12.5. The molecule has 3 aromatic rings. The molecule has 0 unspecified atom stereocenters. The summed E-state index contributed by atoms with van der Waals surface area (Å²) in [5.41, 5.74) is 2.21. The molecular weight excluding hydrogens is 278 g/mol. The second kappa shape index (κ2) is 6.05. The van der Waals surface area contributed by atoms with Crippen LogP contribution >= 0.6 is 0 Å². The second-order valence-corrected chi connectivity index (χ2v) is 4.61. The molecule has 0 bridgehead atoms. The highest BCUT2D eigenvalue weighted by Crippen LogP contribution is 2.25. The van der Waals surface area contributed by atoms with E-state index in [0.717, 1.165) is 0 Å². The first-order valence-corrected chi connectivity index (χ1v) is 6.70. The van der Waals surface area contributed by atoms with Crippen molar-refractivity contribution >= 4 is 11.6 Å². The van der Waals surface area contributed by atoms with E-state index in [1.165, 1.54) is 12.4 Å². The number of phenols is 1. The van der Waals surface area contributed by atoms with Crippen LogP contribution in [0.1, 0.15) is 10.4 Å². The molecule has 1 aromatic heterocycles. The Hall–Kier alpha value is -3.21. The number of rotatable bonds is 3. The molecule has 1 amide bonds. The van der Waals surface area contributed by atoms with Crippen molar-refractivity contribution in [1.29, 1.82) is 0 Å². The van der Waals surface area contributed by atoms with E-state index in [9.17, 15) is 9.90 Å². The lowest BCUT2D eigenvalue weighted by atomic mass is 10.0. The predicted octanol–water partition coefficient (Wildman–Crippen LogP) is 3.10. The number of hydrogen-bond acceptors (Lipinski definition) is 4. The Bertz CT molecular complexity index is 804. The van der Waals surface area contributed by atoms with Crippen molar-refractivity contribution in [1.82, 2.24) is 9.97 Å². The fourth-order valence-electron chi connectivity index (χ4n) is 2.12. The molecule has 2 aromatic carbocycles. The van der Waals surface area contributed by atoms with Gasteiger partial charge in [0.05, 0.1) is 11.4 Å². The van der Waals surface area contributed by atoms with Gasteiger partial charge in [-0.15, -0.1) is 0 Å². The van der Waals surface area contributed by atoms with Crippen molar-refractivity contribution < 1.29 is 9.90 Å². The molecule has 0 atom stereocenters. The highest BCUT2D eigenvalue weighted by atomic mass is 16.3. The summed E-state index contributed by atoms with van der Waals surface area (Å²) >= 11 is 0. The van der Waals surface area contributed by atoms with Crippen LogP contribution in [-0.2, 0) is 0 Å². The Balaban J connectivity index is 1.96. The van der Waals surface area contributed by atoms with Crippen LogP contribution in [-0.4, -0.2) is 21.0 Å². The van der Waals surface area contributed by atoms with Gasteiger partial charge in [0.15, 0.2) is 0 Å². The molecule has 108 valence electrons. The lowest BCUT2D eigenvalue weighted by molar-refractivity contribution is 0.102. The maximum absolute atomic E-state index is 12.5. The van der Waals surface area contributed by atoms with Gasteiger partial charge < -0.3 is 10.4 Å². The van der Waals surface area contributed by atoms with Crippen LogP contribution in [0, 0.1) is 0 Å². The van der Waals surface area contributed by atoms with Gasteiger partial charge in [0.25, 0.3) is 5.91 Å². The summed E-state index contributed by atoms with van der Waals surface area (Å²) in [4.78, 5) is 20.6. The van der Waals surface area contributed by atoms with Gasteiger partial charge in [0, 0.05) is 17.3 Å². The van der Waals surface area contributed by atoms with Crippen LogP contribution in [0.2, 0.25) is 0 Å². The Morgan fingerprint density at radius 2 is 1.77 bits per heavy atom. The molecular formula is C17H13N3O2. The van der Waals surface area contributed by atoms with Crippen LogP contribution in [0.15, 0.2) is 67.1 Å². The number of para-hydroxylation sites is 2. The molecule has 0 saturated heterocycles. The van der Waals surface area contributed by atoms with E-state index < -0.39 is 0 Å². The first-order valence-electron chi connectivity index (χ1n) is 6.70. The van der Waals surface area contributed by atoms with Gasteiger partial charge >= 0.3 is 0 Å². The monoisotopic (exact) mass is 291 g/mol. The molecule has 5 nitrogen and oxygen atoms in total. The Morgan fingerprint density at radius 3 is 2.55 bits per heavy atom. The topological polar surface area (TPSA) is 75.1 Å². The van der Waals surface area contributed by atoms with Gasteiger partial charge in [-0.1, -0.05) is 30.3 Å². The Kier molecular flexibility index (Phi) is 3.78. The number of anilines is 1. The normalized spacial score (nSPS) is 10.2. The number of nitrogens with one attached hydrogen (secondary N) is 1. The van der Waals surface area contributed by atoms with Gasteiger partial charge in [-0.2, -0.15) is 0 Å². The van der Waals surface area contributed by atoms with E-state index in [2.05, 4.69) is 15.3 Å². The van der Waals surface area contributed by atoms with Gasteiger partial charge in [-0.05, 0) is 24.3 Å². The zero-order valence-corrected chi connectivity index (χ0v) is 11.6. The van der Waals surface area contributed by atoms with Crippen molar-refractivity contribution in [2.75, 3.05) is 5.32 Å². The lowest BCUT2D eigenvalue weighted by Crippen LogP contribution is -2.13. The third-order valence-corrected chi connectivity index (χ3v) is 3.18. The van der Waals surface area contributed by atoms with Crippen molar-refractivity contribution in [3.8, 4) is 17.0 Å². The Morgan fingerprint density at radius 1 is 1.00 bits per heavy atom. The van der Waals surface area contributed by atoms with Gasteiger partial charge in [-0.3, -0.25) is 4.79 Å². The molecule has 0 radical (unpaired) electrons. The quantitative estimate of drug-likeness (QED) is 0.727. The highest BCUT2D eigenvalue weighted by molar-refractivity contribution is 6.09. The average molecular weight is 291 g/mol. The minimum Gasteiger partial charge on any atom is -0.506 e. The van der Waals surface area contributed by atoms with Crippen LogP contribution in [0.4, 0.5) is 5.69 Å². The molecule has 0 saturated carbocycles. The molecule has 0 fully saturated rings. The number of aromatic nitrogens is 2. The molecule has 0 aliphatic rings. The minimum absolute atomic E-state index is 0.0235. The zero-order chi connectivity index (χ0) is 15.4. The molecule has 2 N–H and O–H groups in total. The largest absolute Gasteiger partial charge is 0.506 e. The van der Waals surface area contributed by atoms with E-state index in [0.29, 0.717) is 22.5 Å². The molecule has 5 heteroatoms. The highest BCUT2D eigenvalue weighted by Gasteiger charge is 2.14. The van der Waals surface area contributed by atoms with Gasteiger partial charge in [-0.25, -0.2) is 9.97 Å². The third kappa shape index (κ3) is 2.78. The summed E-state index contributed by atoms with van der Waals surface area (Å²) in [6.45, 7) is 0. The van der Waals surface area contributed by atoms with E-state index in [-0.39, 0.29) is 11.7 Å². The predicted molar refractivity (Wildman–Crippen MR) is 83.5 cm³/mol. The summed E-state index contributed by atoms with van der Waals surface area (Å²) in [7, 11) is 0. The molecule has 1 heterocycles. The third-order valence-electron chi connectivity index (χ3n) is 3.18. The summed E-state index contributed by atoms with van der Waals surface area (Å²) in [5, 5.41) is 12.5. The van der Waals surface area contributed by atoms with Crippen molar-refractivity contribution in [2.24, 2.45) is 0 Å². The summed E-state index contributed by atoms with van der Waals surface area (Å²) < 4.78 is 0. The van der Waals surface area contributed by atoms with Gasteiger partial charge in [0.1, 0.15) is 12.1 Å². The Labute approximate surface area is 127 Å². The maximum Gasteiger partial charge on any atom is 0.256 e. The SMILES string of the molecule is O=C(Nc1ccccc1O)c1ccccc1-c1ccncn1. The van der Waals surface area contributed by atoms with Gasteiger partial charge in [0.2, 0.25) is 0 Å². The molecule has 0 aliphatic heterocycles. The zero-order valence-electron chi connectivity index (χ0n) is 11.6. The number of aromatic hydroxyl groups is 1. The number of benzene rings is 2. The van der Waals surface area contributed by atoms with Crippen molar-refractivity contribution in [2.45, 2.75) is 0 Å². The number of carbonyl (C=O) groups is 1. The lowest BCUT2D eigenvalue weighted by Gasteiger charge is -2.10. The summed E-state index contributed by atoms with van der Waals surface area (Å²) in [5.74, 6) is -0.286. The van der Waals surface area contributed by atoms with Crippen molar-refractivity contribution in [3.05, 3.63) is 72.7 Å². The first-order chi connectivity index (χ1) is 10.8. The van der Waals surface area contributed by atoms with E-state index >= 15 is 0 Å². The molecule has 0 aliphatic carbocycles. The molecule has 22 heavy (non-hydrogen) atoms. The number of hydrogen-bond donors (Lipinski definition) is 2. The number of amides is 1. The minimum atomic E-state index is -0.310.